The zero-order valence-electron chi connectivity index (χ0n) is 22.7. The maximum atomic E-state index is 13.5. The molecule has 0 amide bonds. The summed E-state index contributed by atoms with van der Waals surface area (Å²) in [7, 11) is 0. The van der Waals surface area contributed by atoms with Gasteiger partial charge in [0.2, 0.25) is 0 Å². The molecule has 38 heavy (non-hydrogen) atoms. The number of hydrogen-bond acceptors (Lipinski definition) is 6. The molecule has 3 aliphatic rings. The number of ketones is 2. The van der Waals surface area contributed by atoms with E-state index in [4.69, 9.17) is 0 Å². The van der Waals surface area contributed by atoms with Gasteiger partial charge in [0, 0.05) is 32.7 Å². The van der Waals surface area contributed by atoms with Gasteiger partial charge in [-0.1, -0.05) is 10.1 Å². The molecule has 10 nitrogen and oxygen atoms in total. The maximum absolute atomic E-state index is 13.5. The molecule has 10 heteroatoms. The molecule has 0 bridgehead atoms. The Hall–Kier alpha value is -3.76. The molecule has 0 N–H and O–H groups in total. The largest absolute Gasteiger partial charge is 0.714 e. The zero-order valence-corrected chi connectivity index (χ0v) is 22.7. The van der Waals surface area contributed by atoms with Gasteiger partial charge in [-0.3, -0.25) is 19.1 Å². The number of carbonyl (C=O) groups excluding carboxylic acids is 2. The average molecular weight is 519 g/mol. The van der Waals surface area contributed by atoms with Crippen molar-refractivity contribution in [3.8, 4) is 0 Å². The molecule has 0 fully saturated rings. The van der Waals surface area contributed by atoms with Crippen molar-refractivity contribution in [3.05, 3.63) is 80.2 Å². The van der Waals surface area contributed by atoms with E-state index in [1.165, 1.54) is 36.4 Å². The SMILES string of the molecule is CC1(C)N([O])C(c2ccc3c(c2)C(=O)c2ccc(C4=[N+]([O-])C(C)(C)C(C)(C)N4[O])cc2C3=O)=[N+]([O-])C1(C)C. The van der Waals surface area contributed by atoms with Gasteiger partial charge >= 0.3 is 11.7 Å². The number of rotatable bonds is 2. The summed E-state index contributed by atoms with van der Waals surface area (Å²) in [6, 6.07) is 8.65. The van der Waals surface area contributed by atoms with Crippen LogP contribution in [0.5, 0.6) is 0 Å². The number of hydroxylamine groups is 6. The summed E-state index contributed by atoms with van der Waals surface area (Å²) < 4.78 is 1.31. The van der Waals surface area contributed by atoms with E-state index in [1.54, 1.807) is 55.4 Å². The third-order valence-corrected chi connectivity index (χ3v) is 9.33. The Bertz CT molecular complexity index is 1400. The Kier molecular flexibility index (Phi) is 5.05. The fourth-order valence-corrected chi connectivity index (χ4v) is 5.12. The molecule has 0 aromatic heterocycles. The normalized spacial score (nSPS) is 22.8. The smallest absolute Gasteiger partial charge is 0.316 e. The molecule has 0 saturated heterocycles. The Morgan fingerprint density at radius 2 is 0.895 bits per heavy atom. The van der Waals surface area contributed by atoms with Crippen LogP contribution in [0.25, 0.3) is 0 Å². The van der Waals surface area contributed by atoms with E-state index in [-0.39, 0.29) is 45.1 Å². The van der Waals surface area contributed by atoms with Crippen LogP contribution in [0.4, 0.5) is 0 Å². The van der Waals surface area contributed by atoms with Gasteiger partial charge in [-0.15, -0.1) is 0 Å². The molecule has 2 aromatic carbocycles. The molecule has 0 saturated carbocycles. The van der Waals surface area contributed by atoms with Crippen LogP contribution >= 0.6 is 0 Å². The molecule has 2 heterocycles. The molecule has 1 aliphatic carbocycles. The quantitative estimate of drug-likeness (QED) is 0.377. The van der Waals surface area contributed by atoms with Crippen LogP contribution in [0.1, 0.15) is 98.4 Å². The van der Waals surface area contributed by atoms with E-state index in [1.807, 2.05) is 0 Å². The van der Waals surface area contributed by atoms with E-state index in [0.29, 0.717) is 19.6 Å². The predicted octanol–water partition coefficient (Wildman–Crippen LogP) is 3.41. The van der Waals surface area contributed by atoms with Crippen LogP contribution < -0.4 is 0 Å². The van der Waals surface area contributed by atoms with Gasteiger partial charge in [0.05, 0.1) is 11.1 Å². The van der Waals surface area contributed by atoms with E-state index in [9.17, 15) is 30.4 Å². The summed E-state index contributed by atoms with van der Waals surface area (Å²) in [5.74, 6) is -1.16. The summed E-state index contributed by atoms with van der Waals surface area (Å²) >= 11 is 0. The van der Waals surface area contributed by atoms with Gasteiger partial charge in [0.15, 0.2) is 22.6 Å². The highest BCUT2D eigenvalue weighted by atomic mass is 16.5. The van der Waals surface area contributed by atoms with Crippen molar-refractivity contribution in [2.75, 3.05) is 0 Å². The van der Waals surface area contributed by atoms with E-state index in [2.05, 4.69) is 0 Å². The highest BCUT2D eigenvalue weighted by Gasteiger charge is 2.61. The molecule has 2 aromatic rings. The van der Waals surface area contributed by atoms with Crippen molar-refractivity contribution in [3.63, 3.8) is 0 Å². The molecular weight excluding hydrogens is 488 g/mol. The third kappa shape index (κ3) is 2.90. The Balaban J connectivity index is 1.60. The molecule has 2 aliphatic heterocycles. The van der Waals surface area contributed by atoms with Gasteiger partial charge < -0.3 is 10.4 Å². The number of nitrogens with zero attached hydrogens (tertiary/aromatic N) is 4. The number of fused-ring (bicyclic) bond motifs is 2. The second-order valence-electron chi connectivity index (χ2n) is 12.2. The van der Waals surface area contributed by atoms with Gasteiger partial charge in [-0.2, -0.15) is 0 Å². The topological polar surface area (TPSA) is 133 Å². The fraction of sp³-hybridized carbons (Fsp3) is 0.429. The summed E-state index contributed by atoms with van der Waals surface area (Å²) in [5, 5.41) is 53.7. The summed E-state index contributed by atoms with van der Waals surface area (Å²) in [6.07, 6.45) is 0. The summed E-state index contributed by atoms with van der Waals surface area (Å²) in [6.45, 7) is 13.4. The Labute approximate surface area is 220 Å². The van der Waals surface area contributed by atoms with Crippen molar-refractivity contribution in [2.24, 2.45) is 0 Å². The number of hydrogen-bond donors (Lipinski definition) is 0. The number of amidine groups is 2. The fourth-order valence-electron chi connectivity index (χ4n) is 5.12. The molecular formula is C28H30N4O6. The third-order valence-electron chi connectivity index (χ3n) is 9.33. The Morgan fingerprint density at radius 3 is 1.16 bits per heavy atom. The second-order valence-corrected chi connectivity index (χ2v) is 12.2. The first-order valence-corrected chi connectivity index (χ1v) is 12.4. The lowest BCUT2D eigenvalue weighted by Crippen LogP contribution is -2.53. The van der Waals surface area contributed by atoms with Crippen LogP contribution in [0, 0.1) is 10.4 Å². The van der Waals surface area contributed by atoms with Gasteiger partial charge in [-0.05, 0) is 91.8 Å². The average Bonchev–Trinajstić information content (AvgIpc) is 3.05. The van der Waals surface area contributed by atoms with Crippen molar-refractivity contribution >= 4 is 23.2 Å². The second kappa shape index (κ2) is 7.42. The molecule has 2 radical (unpaired) electrons. The Morgan fingerprint density at radius 1 is 0.579 bits per heavy atom. The van der Waals surface area contributed by atoms with Crippen LogP contribution in [0.2, 0.25) is 0 Å². The van der Waals surface area contributed by atoms with Crippen LogP contribution in [0.15, 0.2) is 36.4 Å². The highest BCUT2D eigenvalue weighted by Crippen LogP contribution is 2.40. The maximum Gasteiger partial charge on any atom is 0.316 e. The highest BCUT2D eigenvalue weighted by molar-refractivity contribution is 6.29. The first kappa shape index (κ1) is 25.9. The van der Waals surface area contributed by atoms with Gasteiger partial charge in [0.25, 0.3) is 0 Å². The molecule has 5 rings (SSSR count). The van der Waals surface area contributed by atoms with E-state index < -0.39 is 33.7 Å². The zero-order chi connectivity index (χ0) is 28.3. The number of benzene rings is 2. The lowest BCUT2D eigenvalue weighted by molar-refractivity contribution is -0.539. The van der Waals surface area contributed by atoms with Crippen LogP contribution in [-0.2, 0) is 10.4 Å². The first-order valence-electron chi connectivity index (χ1n) is 12.4. The van der Waals surface area contributed by atoms with Crippen molar-refractivity contribution in [2.45, 2.75) is 77.5 Å². The predicted molar refractivity (Wildman–Crippen MR) is 137 cm³/mol. The van der Waals surface area contributed by atoms with Crippen LogP contribution in [-0.4, -0.2) is 65.0 Å². The van der Waals surface area contributed by atoms with Crippen molar-refractivity contribution in [1.29, 1.82) is 0 Å². The molecule has 198 valence electrons. The van der Waals surface area contributed by atoms with Crippen molar-refractivity contribution in [1.82, 2.24) is 10.1 Å². The van der Waals surface area contributed by atoms with Crippen molar-refractivity contribution < 1.29 is 29.5 Å². The lowest BCUT2D eigenvalue weighted by atomic mass is 9.82. The van der Waals surface area contributed by atoms with Gasteiger partial charge in [0.1, 0.15) is 11.1 Å². The minimum Gasteiger partial charge on any atom is -0.714 e. The molecule has 0 atom stereocenters. The monoisotopic (exact) mass is 518 g/mol. The minimum absolute atomic E-state index is 0.0799. The first-order chi connectivity index (χ1) is 17.4. The van der Waals surface area contributed by atoms with Gasteiger partial charge in [-0.25, -0.2) is 0 Å². The summed E-state index contributed by atoms with van der Waals surface area (Å²) in [5.41, 5.74) is -3.26. The summed E-state index contributed by atoms with van der Waals surface area (Å²) in [4.78, 5) is 27.0. The molecule has 0 unspecified atom stereocenters. The van der Waals surface area contributed by atoms with Crippen LogP contribution in [0.3, 0.4) is 0 Å². The van der Waals surface area contributed by atoms with E-state index in [0.717, 1.165) is 0 Å². The van der Waals surface area contributed by atoms with E-state index >= 15 is 0 Å². The number of carbonyl (C=O) groups is 2. The lowest BCUT2D eigenvalue weighted by Gasteiger charge is -2.32. The minimum atomic E-state index is -1.03. The standard InChI is InChI=1S/C28H30N4O6/c1-25(2)26(3,4)30(36)23(29(25)35)15-9-11-17-19(13-15)21(33)18-12-10-16(14-20(18)22(17)34)24-31(37)27(5,6)28(7,8)32(24)38/h9-14H,1-8H3. The molecule has 0 spiro atoms.